The molecule has 390 valence electrons. The monoisotopic (exact) mass is 1100 g/mol. The van der Waals surface area contributed by atoms with Crippen molar-refractivity contribution in [3.05, 3.63) is 0 Å². The van der Waals surface area contributed by atoms with Crippen molar-refractivity contribution in [2.75, 3.05) is 0 Å². The van der Waals surface area contributed by atoms with Crippen molar-refractivity contribution in [2.24, 2.45) is 0 Å². The highest BCUT2D eigenvalue weighted by atomic mass is 16.3. The van der Waals surface area contributed by atoms with Crippen LogP contribution in [0, 0.1) is 0 Å². The quantitative estimate of drug-likeness (QED) is 0.156. The summed E-state index contributed by atoms with van der Waals surface area (Å²) >= 11 is 0. The molecular formula is C51H64B32N4O. The van der Waals surface area contributed by atoms with Crippen molar-refractivity contribution >= 4 is 470 Å². The van der Waals surface area contributed by atoms with Gasteiger partial charge in [-0.25, -0.2) is 15.0 Å². The first-order valence-corrected chi connectivity index (χ1v) is 32.2. The van der Waals surface area contributed by atoms with Gasteiger partial charge in [0.2, 0.25) is 0 Å². The molecule has 0 fully saturated rings. The van der Waals surface area contributed by atoms with E-state index in [1.165, 1.54) is 203 Å². The zero-order chi connectivity index (χ0) is 64.9. The van der Waals surface area contributed by atoms with Gasteiger partial charge in [-0.15, -0.1) is 60.1 Å². The zero-order valence-corrected chi connectivity index (χ0v) is 59.7. The summed E-state index contributed by atoms with van der Waals surface area (Å²) in [4.78, 5) is 17.2. The average Bonchev–Trinajstić information content (AvgIpc) is 1.55. The van der Waals surface area contributed by atoms with Crippen molar-refractivity contribution in [1.82, 2.24) is 19.5 Å². The Morgan fingerprint density at radius 3 is 0.841 bits per heavy atom. The fourth-order valence-electron chi connectivity index (χ4n) is 16.4. The average molecular weight is 1100 g/mol. The van der Waals surface area contributed by atoms with Gasteiger partial charge in [0.25, 0.3) is 0 Å². The molecule has 5 nitrogen and oxygen atoms in total. The summed E-state index contributed by atoms with van der Waals surface area (Å²) in [7, 11) is 73.8. The Labute approximate surface area is 551 Å². The number of aromatic nitrogens is 4. The fraction of sp³-hybridized carbons (Fsp3) is 0. The Balaban J connectivity index is 1.30. The predicted molar refractivity (Wildman–Crippen MR) is 490 cm³/mol. The maximum absolute atomic E-state index is 7.65. The molecule has 0 unspecified atom stereocenters. The van der Waals surface area contributed by atoms with Crippen molar-refractivity contribution in [1.29, 1.82) is 0 Å². The van der Waals surface area contributed by atoms with Crippen molar-refractivity contribution in [3.63, 3.8) is 0 Å². The molecule has 0 saturated heterocycles. The molecule has 11 aromatic rings. The van der Waals surface area contributed by atoms with Crippen LogP contribution in [0.2, 0.25) is 0 Å². The van der Waals surface area contributed by atoms with E-state index in [2.05, 4.69) is 256 Å². The van der Waals surface area contributed by atoms with Crippen LogP contribution in [-0.2, 0) is 0 Å². The Bertz CT molecular complexity index is 5050. The maximum Gasteiger partial charge on any atom is 0.163 e. The molecule has 0 spiro atoms. The first-order chi connectivity index (χ1) is 41.1. The second kappa shape index (κ2) is 22.1. The van der Waals surface area contributed by atoms with Gasteiger partial charge in [0, 0.05) is 33.1 Å². The molecule has 0 saturated carbocycles. The Hall–Kier alpha value is -5.55. The SMILES string of the molecule is Bc1c(B)c(B)c(-c2nc(-c3c(B)c(B)c(B)c(-c4c(B)c(B)c(B)c(B)c4B)c3B)nc(-c3c(B)c(B)c4c(oc5c(B)c(B)c(B)c(-n6c7c(B)c(B)c(B)c(B)c7c7c(B)c(B)c(-c8c(B)c(B)c(B)c(B)c8B)c(B)c76)c54)c3B)n2)c(B)c1B. The summed E-state index contributed by atoms with van der Waals surface area (Å²) in [5, 5.41) is 5.00. The normalized spacial score (nSPS) is 11.7. The smallest absolute Gasteiger partial charge is 0.163 e. The summed E-state index contributed by atoms with van der Waals surface area (Å²) in [5.41, 5.74) is 55.1. The van der Waals surface area contributed by atoms with Gasteiger partial charge in [-0.2, -0.15) is 0 Å². The van der Waals surface area contributed by atoms with E-state index in [9.17, 15) is 0 Å². The van der Waals surface area contributed by atoms with Crippen LogP contribution in [0.25, 0.3) is 106 Å². The summed E-state index contributed by atoms with van der Waals surface area (Å²) < 4.78 is 10.4. The highest BCUT2D eigenvalue weighted by molar-refractivity contribution is 6.76. The number of furan rings is 1. The first-order valence-electron chi connectivity index (χ1n) is 32.2. The number of hydrogen-bond donors (Lipinski definition) is 0. The van der Waals surface area contributed by atoms with Crippen LogP contribution in [0.15, 0.2) is 4.42 Å². The van der Waals surface area contributed by atoms with Gasteiger partial charge in [-0.1, -0.05) is 109 Å². The summed E-state index contributed by atoms with van der Waals surface area (Å²) in [5.74, 6) is 2.05. The molecular weight excluding hydrogens is 1030 g/mol. The maximum atomic E-state index is 7.65. The number of rotatable bonds is 6. The summed E-state index contributed by atoms with van der Waals surface area (Å²) in [6, 6.07) is 0. The molecule has 3 heterocycles. The van der Waals surface area contributed by atoms with E-state index in [0.717, 1.165) is 60.5 Å². The van der Waals surface area contributed by atoms with Gasteiger partial charge in [0.05, 0.1) is 11.1 Å². The minimum Gasteiger partial charge on any atom is -0.457 e. The van der Waals surface area contributed by atoms with Gasteiger partial charge in [0.15, 0.2) is 17.5 Å². The number of hydrogen-bond acceptors (Lipinski definition) is 4. The van der Waals surface area contributed by atoms with Gasteiger partial charge in [-0.05, 0) is 38.5 Å². The van der Waals surface area contributed by atoms with Crippen LogP contribution in [0.4, 0.5) is 0 Å². The Kier molecular flexibility index (Phi) is 16.1. The van der Waals surface area contributed by atoms with Crippen LogP contribution in [0.3, 0.4) is 0 Å². The van der Waals surface area contributed by atoms with Crippen LogP contribution in [0.1, 0.15) is 0 Å². The third kappa shape index (κ3) is 8.64. The Morgan fingerprint density at radius 2 is 0.420 bits per heavy atom. The number of benzene rings is 8. The number of fused-ring (bicyclic) bond motifs is 6. The van der Waals surface area contributed by atoms with E-state index in [-0.39, 0.29) is 0 Å². The fourth-order valence-corrected chi connectivity index (χ4v) is 16.4. The first kappa shape index (κ1) is 64.0. The standard InChI is InChI=1S/C51H64B32N4O/c52-12-1(2-15(55)29(69)36(76)30(70)16(2)56)14(54)28(68)23(63)9(12)49-84-50(10-24(64)34(74)38(78)35(75)25(10)65)86-51(85-49)11-22(62)21(61)7-8-46(42(82)40(80)43(83)48(8)88-47(7)27(11)67)87-44-5(6-20(60)33(73)39(79)41(81)45(6)87)19(59)13(53)4(26(44)66)3-17(57)31(71)37(77)32(72)18(3)58/h52-83H2. The van der Waals surface area contributed by atoms with E-state index in [1.807, 2.05) is 0 Å². The molecule has 0 N–H and O–H groups in total. The lowest BCUT2D eigenvalue weighted by Crippen LogP contribution is -2.57. The van der Waals surface area contributed by atoms with E-state index in [0.29, 0.717) is 17.5 Å². The van der Waals surface area contributed by atoms with Gasteiger partial charge in [-0.3, -0.25) is 0 Å². The largest absolute Gasteiger partial charge is 0.457 e. The molecule has 8 aromatic carbocycles. The predicted octanol–water partition coefficient (Wildman–Crippen LogP) is -42.5. The Morgan fingerprint density at radius 1 is 0.182 bits per heavy atom. The van der Waals surface area contributed by atoms with Crippen molar-refractivity contribution in [3.8, 4) is 62.1 Å². The number of nitrogens with zero attached hydrogens (tertiary/aromatic N) is 4. The van der Waals surface area contributed by atoms with Crippen LogP contribution in [0.5, 0.6) is 0 Å². The molecule has 37 heteroatoms. The molecule has 11 rings (SSSR count). The molecule has 88 heavy (non-hydrogen) atoms. The molecule has 0 aliphatic rings. The molecule has 0 radical (unpaired) electrons. The van der Waals surface area contributed by atoms with Gasteiger partial charge < -0.3 is 8.98 Å². The van der Waals surface area contributed by atoms with E-state index in [1.54, 1.807) is 0 Å². The molecule has 0 atom stereocenters. The van der Waals surface area contributed by atoms with E-state index in [4.69, 9.17) is 19.4 Å². The van der Waals surface area contributed by atoms with Crippen molar-refractivity contribution in [2.45, 2.75) is 0 Å². The van der Waals surface area contributed by atoms with Crippen LogP contribution < -0.4 is 175 Å². The van der Waals surface area contributed by atoms with Gasteiger partial charge >= 0.3 is 0 Å². The lowest BCUT2D eigenvalue weighted by Gasteiger charge is -2.27. The topological polar surface area (TPSA) is 56.7 Å². The second-order valence-electron chi connectivity index (χ2n) is 27.6. The van der Waals surface area contributed by atoms with Crippen molar-refractivity contribution < 1.29 is 4.42 Å². The highest BCUT2D eigenvalue weighted by Gasteiger charge is 2.33. The lowest BCUT2D eigenvalue weighted by atomic mass is 9.56. The van der Waals surface area contributed by atoms with Crippen LogP contribution in [-0.4, -0.2) is 271 Å². The minimum absolute atomic E-state index is 0.660. The molecule has 3 aromatic heterocycles. The molecule has 0 amide bonds. The van der Waals surface area contributed by atoms with E-state index >= 15 is 0 Å². The zero-order valence-electron chi connectivity index (χ0n) is 59.7. The third-order valence-electron chi connectivity index (χ3n) is 24.3. The minimum atomic E-state index is 0.660. The van der Waals surface area contributed by atoms with Gasteiger partial charge in [0.1, 0.15) is 262 Å². The molecule has 0 bridgehead atoms. The molecule has 0 aliphatic heterocycles. The third-order valence-corrected chi connectivity index (χ3v) is 24.3. The summed E-state index contributed by atoms with van der Waals surface area (Å²) in [6.07, 6.45) is 0. The van der Waals surface area contributed by atoms with Crippen LogP contribution >= 0.6 is 0 Å². The second-order valence-corrected chi connectivity index (χ2v) is 27.6. The summed E-state index contributed by atoms with van der Waals surface area (Å²) in [6.45, 7) is 0. The van der Waals surface area contributed by atoms with E-state index < -0.39 is 0 Å². The lowest BCUT2D eigenvalue weighted by molar-refractivity contribution is 0.674. The highest BCUT2D eigenvalue weighted by Crippen LogP contribution is 2.36. The molecule has 0 aliphatic carbocycles.